The van der Waals surface area contributed by atoms with Gasteiger partial charge in [0, 0.05) is 9.79 Å². The number of carbonyl (C=O) groups is 2. The number of nitrogens with zero attached hydrogens (tertiary/aromatic N) is 1. The maximum absolute atomic E-state index is 13.4. The molecule has 1 aliphatic rings. The number of thioether (sulfide) groups is 2. The zero-order chi connectivity index (χ0) is 30.9. The lowest BCUT2D eigenvalue weighted by Crippen LogP contribution is -2.63. The Kier molecular flexibility index (Phi) is 11.8. The van der Waals surface area contributed by atoms with Crippen molar-refractivity contribution in [3.05, 3.63) is 95.6 Å². The van der Waals surface area contributed by atoms with E-state index in [4.69, 9.17) is 14.3 Å². The van der Waals surface area contributed by atoms with Crippen LogP contribution in [0, 0.1) is 0 Å². The number of hydrogen-bond acceptors (Lipinski definition) is 8. The standard InChI is InChI=1S/C35H43NO5S2/c1-26(27-16-8-6-9-17-27)41-36(34(2,3)24-39-32(37)28-18-10-12-20-30(28)42-4)35(22-14-7-15-23-35)25-40-33(38)29-19-11-13-21-31(29)43-5/h6,8-13,16-21,26H,7,14-15,22-25H2,1-5H3. The number of rotatable bonds is 13. The van der Waals surface area contributed by atoms with Gasteiger partial charge in [-0.25, -0.2) is 9.59 Å². The van der Waals surface area contributed by atoms with Gasteiger partial charge in [-0.2, -0.15) is 5.06 Å². The number of hydroxylamine groups is 2. The van der Waals surface area contributed by atoms with Crippen LogP contribution in [0.15, 0.2) is 88.7 Å². The normalized spacial score (nSPS) is 15.6. The fraction of sp³-hybridized carbons (Fsp3) is 0.429. The van der Waals surface area contributed by atoms with Gasteiger partial charge in [0.2, 0.25) is 0 Å². The summed E-state index contributed by atoms with van der Waals surface area (Å²) in [7, 11) is 0. The molecule has 0 bridgehead atoms. The zero-order valence-electron chi connectivity index (χ0n) is 25.8. The van der Waals surface area contributed by atoms with Gasteiger partial charge in [0.15, 0.2) is 0 Å². The van der Waals surface area contributed by atoms with E-state index in [0.29, 0.717) is 11.1 Å². The van der Waals surface area contributed by atoms with Crippen LogP contribution in [-0.2, 0) is 14.3 Å². The summed E-state index contributed by atoms with van der Waals surface area (Å²) < 4.78 is 12.1. The summed E-state index contributed by atoms with van der Waals surface area (Å²) in [5.41, 5.74) is 0.800. The van der Waals surface area contributed by atoms with Crippen LogP contribution >= 0.6 is 23.5 Å². The topological polar surface area (TPSA) is 65.1 Å². The molecule has 1 fully saturated rings. The first-order valence-electron chi connectivity index (χ1n) is 14.8. The third-order valence-electron chi connectivity index (χ3n) is 7.98. The Hall–Kier alpha value is -2.78. The lowest BCUT2D eigenvalue weighted by atomic mass is 9.79. The number of carbonyl (C=O) groups excluding carboxylic acids is 2. The van der Waals surface area contributed by atoms with E-state index in [1.165, 1.54) is 23.5 Å². The molecule has 8 heteroatoms. The minimum atomic E-state index is -0.742. The molecule has 1 atom stereocenters. The molecule has 0 aliphatic heterocycles. The average Bonchev–Trinajstić information content (AvgIpc) is 3.05. The summed E-state index contributed by atoms with van der Waals surface area (Å²) in [4.78, 5) is 35.3. The molecule has 0 amide bonds. The van der Waals surface area contributed by atoms with Gasteiger partial charge in [-0.1, -0.05) is 73.9 Å². The van der Waals surface area contributed by atoms with Gasteiger partial charge in [-0.15, -0.1) is 23.5 Å². The first kappa shape index (κ1) is 33.1. The second-order valence-electron chi connectivity index (χ2n) is 11.6. The van der Waals surface area contributed by atoms with Crippen molar-refractivity contribution in [1.29, 1.82) is 0 Å². The minimum Gasteiger partial charge on any atom is -0.460 e. The summed E-state index contributed by atoms with van der Waals surface area (Å²) in [5, 5.41) is 2.00. The van der Waals surface area contributed by atoms with Crippen molar-refractivity contribution in [3.8, 4) is 0 Å². The molecule has 6 nitrogen and oxygen atoms in total. The van der Waals surface area contributed by atoms with E-state index in [1.54, 1.807) is 6.07 Å². The largest absolute Gasteiger partial charge is 0.460 e. The fourth-order valence-corrected chi connectivity index (χ4v) is 6.91. The molecule has 4 rings (SSSR count). The van der Waals surface area contributed by atoms with Crippen LogP contribution in [0.1, 0.15) is 85.3 Å². The predicted octanol–water partition coefficient (Wildman–Crippen LogP) is 8.62. The molecular formula is C35H43NO5S2. The third-order valence-corrected chi connectivity index (χ3v) is 9.57. The Morgan fingerprint density at radius 2 is 1.30 bits per heavy atom. The fourth-order valence-electron chi connectivity index (χ4n) is 5.74. The molecule has 0 heterocycles. The van der Waals surface area contributed by atoms with Crippen molar-refractivity contribution in [2.24, 2.45) is 0 Å². The van der Waals surface area contributed by atoms with Crippen LogP contribution in [0.25, 0.3) is 0 Å². The van der Waals surface area contributed by atoms with E-state index >= 15 is 0 Å². The Labute approximate surface area is 264 Å². The van der Waals surface area contributed by atoms with E-state index in [2.05, 4.69) is 0 Å². The molecule has 0 spiro atoms. The number of esters is 2. The third kappa shape index (κ3) is 8.24. The van der Waals surface area contributed by atoms with Gasteiger partial charge in [0.25, 0.3) is 0 Å². The summed E-state index contributed by atoms with van der Waals surface area (Å²) in [5.74, 6) is -0.712. The van der Waals surface area contributed by atoms with Crippen LogP contribution < -0.4 is 0 Å². The Balaban J connectivity index is 1.63. The highest BCUT2D eigenvalue weighted by Gasteiger charge is 2.48. The molecule has 1 unspecified atom stereocenters. The summed E-state index contributed by atoms with van der Waals surface area (Å²) in [6.45, 7) is 6.35. The van der Waals surface area contributed by atoms with Gasteiger partial charge in [-0.3, -0.25) is 4.84 Å². The maximum Gasteiger partial charge on any atom is 0.339 e. The molecule has 1 aliphatic carbocycles. The van der Waals surface area contributed by atoms with E-state index in [-0.39, 0.29) is 31.3 Å². The summed E-state index contributed by atoms with van der Waals surface area (Å²) in [6, 6.07) is 25.1. The minimum absolute atomic E-state index is 0.0983. The van der Waals surface area contributed by atoms with Crippen LogP contribution in [0.2, 0.25) is 0 Å². The van der Waals surface area contributed by atoms with Gasteiger partial charge < -0.3 is 9.47 Å². The van der Waals surface area contributed by atoms with Crippen molar-refractivity contribution in [2.45, 2.75) is 79.8 Å². The molecule has 230 valence electrons. The van der Waals surface area contributed by atoms with Gasteiger partial charge in [0.1, 0.15) is 19.3 Å². The van der Waals surface area contributed by atoms with Gasteiger partial charge in [-0.05, 0) is 76.0 Å². The van der Waals surface area contributed by atoms with E-state index in [9.17, 15) is 9.59 Å². The first-order chi connectivity index (χ1) is 20.7. The average molecular weight is 622 g/mol. The molecule has 0 saturated heterocycles. The SMILES string of the molecule is CSc1ccccc1C(=O)OCC(C)(C)N(OC(C)c1ccccc1)C1(COC(=O)c2ccccc2SC)CCCCC1. The van der Waals surface area contributed by atoms with Gasteiger partial charge in [0.05, 0.1) is 22.2 Å². The number of benzene rings is 3. The van der Waals surface area contributed by atoms with Crippen molar-refractivity contribution in [3.63, 3.8) is 0 Å². The molecule has 3 aromatic carbocycles. The lowest BCUT2D eigenvalue weighted by molar-refractivity contribution is -0.313. The van der Waals surface area contributed by atoms with Crippen molar-refractivity contribution in [2.75, 3.05) is 25.7 Å². The van der Waals surface area contributed by atoms with E-state index in [0.717, 1.165) is 47.5 Å². The van der Waals surface area contributed by atoms with Crippen LogP contribution in [-0.4, -0.2) is 53.8 Å². The Bertz CT molecular complexity index is 1360. The Morgan fingerprint density at radius 3 is 1.86 bits per heavy atom. The molecule has 0 radical (unpaired) electrons. The molecule has 43 heavy (non-hydrogen) atoms. The first-order valence-corrected chi connectivity index (χ1v) is 17.3. The Morgan fingerprint density at radius 1 is 0.791 bits per heavy atom. The van der Waals surface area contributed by atoms with E-state index < -0.39 is 11.1 Å². The van der Waals surface area contributed by atoms with Crippen LogP contribution in [0.4, 0.5) is 0 Å². The van der Waals surface area contributed by atoms with Gasteiger partial charge >= 0.3 is 11.9 Å². The summed E-state index contributed by atoms with van der Waals surface area (Å²) >= 11 is 3.04. The van der Waals surface area contributed by atoms with Crippen molar-refractivity contribution >= 4 is 35.5 Å². The van der Waals surface area contributed by atoms with Crippen molar-refractivity contribution in [1.82, 2.24) is 5.06 Å². The maximum atomic E-state index is 13.4. The quantitative estimate of drug-likeness (QED) is 0.107. The molecule has 0 N–H and O–H groups in total. The number of ether oxygens (including phenoxy) is 2. The molecule has 1 saturated carbocycles. The summed E-state index contributed by atoms with van der Waals surface area (Å²) in [6.07, 6.45) is 8.27. The van der Waals surface area contributed by atoms with Crippen molar-refractivity contribution < 1.29 is 23.9 Å². The van der Waals surface area contributed by atoms with Crippen LogP contribution in [0.5, 0.6) is 0 Å². The zero-order valence-corrected chi connectivity index (χ0v) is 27.5. The number of hydrogen-bond donors (Lipinski definition) is 0. The monoisotopic (exact) mass is 621 g/mol. The second-order valence-corrected chi connectivity index (χ2v) is 13.3. The smallest absolute Gasteiger partial charge is 0.339 e. The highest BCUT2D eigenvalue weighted by atomic mass is 32.2. The highest BCUT2D eigenvalue weighted by Crippen LogP contribution is 2.41. The molecular weight excluding hydrogens is 579 g/mol. The highest BCUT2D eigenvalue weighted by molar-refractivity contribution is 7.99. The predicted molar refractivity (Wildman–Crippen MR) is 175 cm³/mol. The van der Waals surface area contributed by atoms with Crippen LogP contribution in [0.3, 0.4) is 0 Å². The van der Waals surface area contributed by atoms with E-state index in [1.807, 2.05) is 111 Å². The molecule has 3 aromatic rings. The second kappa shape index (κ2) is 15.3. The lowest BCUT2D eigenvalue weighted by Gasteiger charge is -2.52. The molecule has 0 aromatic heterocycles.